The second-order valence-electron chi connectivity index (χ2n) is 7.49. The molecule has 3 aromatic rings. The number of aryl methyl sites for hydroxylation is 1. The quantitative estimate of drug-likeness (QED) is 0.709. The first-order valence-electron chi connectivity index (χ1n) is 9.57. The van der Waals surface area contributed by atoms with E-state index in [9.17, 15) is 0 Å². The van der Waals surface area contributed by atoms with Gasteiger partial charge in [0.2, 0.25) is 0 Å². The molecule has 6 nitrogen and oxygen atoms in total. The third kappa shape index (κ3) is 3.30. The second-order valence-corrected chi connectivity index (χ2v) is 7.49. The van der Waals surface area contributed by atoms with E-state index in [1.54, 1.807) is 19.5 Å². The first-order valence-corrected chi connectivity index (χ1v) is 9.57. The second kappa shape index (κ2) is 7.27. The zero-order valence-corrected chi connectivity index (χ0v) is 16.6. The average Bonchev–Trinajstić information content (AvgIpc) is 3.03. The molecule has 1 aliphatic heterocycles. The summed E-state index contributed by atoms with van der Waals surface area (Å²) in [5.41, 5.74) is 6.84. The van der Waals surface area contributed by atoms with Crippen LogP contribution in [0, 0.1) is 13.8 Å². The molecule has 1 atom stereocenters. The van der Waals surface area contributed by atoms with Gasteiger partial charge in [0.15, 0.2) is 5.65 Å². The molecule has 1 fully saturated rings. The highest BCUT2D eigenvalue weighted by Gasteiger charge is 2.27. The highest BCUT2D eigenvalue weighted by molar-refractivity contribution is 5.73. The molecule has 1 aromatic carbocycles. The molecular weight excluding hydrogens is 338 g/mol. The van der Waals surface area contributed by atoms with Crippen LogP contribution in [-0.2, 0) is 13.6 Å². The van der Waals surface area contributed by atoms with Crippen LogP contribution in [-0.4, -0.2) is 44.8 Å². The minimum atomic E-state index is 0.402. The molecule has 142 valence electrons. The molecule has 2 aromatic heterocycles. The largest absolute Gasteiger partial charge is 0.496 e. The van der Waals surface area contributed by atoms with Crippen molar-refractivity contribution >= 4 is 11.2 Å². The van der Waals surface area contributed by atoms with Crippen molar-refractivity contribution in [2.75, 3.05) is 20.2 Å². The Morgan fingerprint density at radius 3 is 2.78 bits per heavy atom. The van der Waals surface area contributed by atoms with E-state index in [-0.39, 0.29) is 0 Å². The van der Waals surface area contributed by atoms with Crippen LogP contribution in [0.5, 0.6) is 5.75 Å². The Balaban J connectivity index is 1.56. The molecule has 6 heteroatoms. The van der Waals surface area contributed by atoms with Gasteiger partial charge in [-0.05, 0) is 56.0 Å². The number of rotatable bonds is 4. The molecule has 27 heavy (non-hydrogen) atoms. The zero-order chi connectivity index (χ0) is 19.0. The third-order valence-corrected chi connectivity index (χ3v) is 5.84. The molecule has 0 aliphatic carbocycles. The number of ether oxygens (including phenoxy) is 1. The third-order valence-electron chi connectivity index (χ3n) is 5.84. The van der Waals surface area contributed by atoms with Crippen molar-refractivity contribution in [1.82, 2.24) is 24.6 Å². The smallest absolute Gasteiger partial charge is 0.176 e. The van der Waals surface area contributed by atoms with Gasteiger partial charge >= 0.3 is 0 Å². The maximum atomic E-state index is 5.45. The highest BCUT2D eigenvalue weighted by atomic mass is 16.5. The number of fused-ring (bicyclic) bond motifs is 1. The maximum absolute atomic E-state index is 5.45. The van der Waals surface area contributed by atoms with Gasteiger partial charge in [-0.25, -0.2) is 14.6 Å². The lowest BCUT2D eigenvalue weighted by Gasteiger charge is -2.32. The first-order chi connectivity index (χ1) is 13.1. The van der Waals surface area contributed by atoms with Gasteiger partial charge in [-0.3, -0.25) is 4.90 Å². The fourth-order valence-electron chi connectivity index (χ4n) is 4.19. The lowest BCUT2D eigenvalue weighted by molar-refractivity contribution is 0.198. The Labute approximate surface area is 160 Å². The number of hydrogen-bond donors (Lipinski definition) is 0. The van der Waals surface area contributed by atoms with E-state index in [0.29, 0.717) is 5.92 Å². The average molecular weight is 365 g/mol. The molecule has 0 N–H and O–H groups in total. The van der Waals surface area contributed by atoms with E-state index in [0.717, 1.165) is 48.7 Å². The molecule has 1 unspecified atom stereocenters. The van der Waals surface area contributed by atoms with Gasteiger partial charge in [0.1, 0.15) is 11.3 Å². The van der Waals surface area contributed by atoms with Crippen molar-refractivity contribution in [1.29, 1.82) is 0 Å². The van der Waals surface area contributed by atoms with Gasteiger partial charge in [0.05, 0.1) is 12.8 Å². The number of likely N-dealkylation sites (tertiary alicyclic amines) is 1. The van der Waals surface area contributed by atoms with Crippen LogP contribution in [0.3, 0.4) is 0 Å². The first kappa shape index (κ1) is 17.9. The molecule has 3 heterocycles. The lowest BCUT2D eigenvalue weighted by Crippen LogP contribution is -2.34. The van der Waals surface area contributed by atoms with Crippen molar-refractivity contribution in [2.24, 2.45) is 7.05 Å². The van der Waals surface area contributed by atoms with E-state index >= 15 is 0 Å². The molecule has 0 spiro atoms. The summed E-state index contributed by atoms with van der Waals surface area (Å²) in [5.74, 6) is 1.37. The molecule has 0 radical (unpaired) electrons. The van der Waals surface area contributed by atoms with Gasteiger partial charge in [-0.2, -0.15) is 5.10 Å². The Kier molecular flexibility index (Phi) is 4.83. The van der Waals surface area contributed by atoms with Crippen molar-refractivity contribution in [3.8, 4) is 5.75 Å². The molecular formula is C21H27N5O. The molecule has 0 saturated carbocycles. The Morgan fingerprint density at radius 2 is 1.96 bits per heavy atom. The SMILES string of the molecule is COc1ccc(CN2CCCC(c3nn(C)c4nccnc34)C2)c(C)c1C. The molecule has 4 rings (SSSR count). The number of methoxy groups -OCH3 is 1. The summed E-state index contributed by atoms with van der Waals surface area (Å²) in [6.45, 7) is 7.42. The van der Waals surface area contributed by atoms with Crippen molar-refractivity contribution in [2.45, 2.75) is 39.2 Å². The van der Waals surface area contributed by atoms with Crippen LogP contribution in [0.1, 0.15) is 41.1 Å². The van der Waals surface area contributed by atoms with E-state index < -0.39 is 0 Å². The van der Waals surface area contributed by atoms with E-state index in [1.807, 2.05) is 11.7 Å². The minimum absolute atomic E-state index is 0.402. The summed E-state index contributed by atoms with van der Waals surface area (Å²) in [6.07, 6.45) is 5.82. The standard InChI is InChI=1S/C21H27N5O/c1-14-15(2)18(27-4)8-7-16(14)12-26-11-5-6-17(13-26)19-20-21(25(3)24-19)23-10-9-22-20/h7-10,17H,5-6,11-13H2,1-4H3. The van der Waals surface area contributed by atoms with Crippen LogP contribution >= 0.6 is 0 Å². The number of nitrogens with zero attached hydrogens (tertiary/aromatic N) is 5. The van der Waals surface area contributed by atoms with Gasteiger partial charge in [-0.1, -0.05) is 6.07 Å². The number of benzene rings is 1. The van der Waals surface area contributed by atoms with Crippen molar-refractivity contribution in [3.05, 3.63) is 46.9 Å². The van der Waals surface area contributed by atoms with Crippen LogP contribution in [0.4, 0.5) is 0 Å². The van der Waals surface area contributed by atoms with Crippen LogP contribution < -0.4 is 4.74 Å². The minimum Gasteiger partial charge on any atom is -0.496 e. The molecule has 0 amide bonds. The van der Waals surface area contributed by atoms with Crippen molar-refractivity contribution in [3.63, 3.8) is 0 Å². The lowest BCUT2D eigenvalue weighted by atomic mass is 9.93. The van der Waals surface area contributed by atoms with Crippen LogP contribution in [0.15, 0.2) is 24.5 Å². The van der Waals surface area contributed by atoms with Gasteiger partial charge in [0.25, 0.3) is 0 Å². The monoisotopic (exact) mass is 365 g/mol. The number of hydrogen-bond acceptors (Lipinski definition) is 5. The van der Waals surface area contributed by atoms with E-state index in [2.05, 4.69) is 40.8 Å². The van der Waals surface area contributed by atoms with Gasteiger partial charge < -0.3 is 4.74 Å². The van der Waals surface area contributed by atoms with E-state index in [1.165, 1.54) is 23.1 Å². The topological polar surface area (TPSA) is 56.1 Å². The summed E-state index contributed by atoms with van der Waals surface area (Å²) in [7, 11) is 3.68. The summed E-state index contributed by atoms with van der Waals surface area (Å²) >= 11 is 0. The Bertz CT molecular complexity index is 965. The Hall–Kier alpha value is -2.47. The summed E-state index contributed by atoms with van der Waals surface area (Å²) in [6, 6.07) is 4.29. The highest BCUT2D eigenvalue weighted by Crippen LogP contribution is 2.31. The zero-order valence-electron chi connectivity index (χ0n) is 16.6. The van der Waals surface area contributed by atoms with E-state index in [4.69, 9.17) is 9.84 Å². The predicted molar refractivity (Wildman–Crippen MR) is 106 cm³/mol. The van der Waals surface area contributed by atoms with Crippen LogP contribution in [0.25, 0.3) is 11.2 Å². The normalized spacial score (nSPS) is 18.1. The molecule has 1 saturated heterocycles. The maximum Gasteiger partial charge on any atom is 0.176 e. The predicted octanol–water partition coefficient (Wildman–Crippen LogP) is 3.37. The van der Waals surface area contributed by atoms with Gasteiger partial charge in [-0.15, -0.1) is 0 Å². The summed E-state index contributed by atoms with van der Waals surface area (Å²) < 4.78 is 7.31. The summed E-state index contributed by atoms with van der Waals surface area (Å²) in [5, 5.41) is 4.76. The van der Waals surface area contributed by atoms with Crippen LogP contribution in [0.2, 0.25) is 0 Å². The molecule has 1 aliphatic rings. The summed E-state index contributed by atoms with van der Waals surface area (Å²) in [4.78, 5) is 11.5. The Morgan fingerprint density at radius 1 is 1.15 bits per heavy atom. The fourth-order valence-corrected chi connectivity index (χ4v) is 4.19. The van der Waals surface area contributed by atoms with Gasteiger partial charge in [0, 0.05) is 38.4 Å². The number of aromatic nitrogens is 4. The number of piperidine rings is 1. The van der Waals surface area contributed by atoms with Crippen molar-refractivity contribution < 1.29 is 4.74 Å². The molecule has 0 bridgehead atoms. The fraction of sp³-hybridized carbons (Fsp3) is 0.476.